The highest BCUT2D eigenvalue weighted by Crippen LogP contribution is 2.56. The fourth-order valence-corrected chi connectivity index (χ4v) is 13.2. The van der Waals surface area contributed by atoms with Gasteiger partial charge in [-0.15, -0.1) is 0 Å². The van der Waals surface area contributed by atoms with Gasteiger partial charge < -0.3 is 21.1 Å². The number of carbonyl (C=O) groups excluding carboxylic acids is 1. The molecule has 1 unspecified atom stereocenters. The van der Waals surface area contributed by atoms with Crippen LogP contribution in [0.5, 0.6) is 0 Å². The van der Waals surface area contributed by atoms with Crippen molar-refractivity contribution in [3.8, 4) is 11.1 Å². The van der Waals surface area contributed by atoms with Crippen molar-refractivity contribution in [3.05, 3.63) is 208 Å². The van der Waals surface area contributed by atoms with E-state index in [0.717, 1.165) is 66.3 Å². The van der Waals surface area contributed by atoms with Gasteiger partial charge in [-0.2, -0.15) is 0 Å². The van der Waals surface area contributed by atoms with E-state index < -0.39 is 24.7 Å². The Hall–Kier alpha value is -6.60. The highest BCUT2D eigenvalue weighted by atomic mass is 31.2. The number of nitro benzene ring substituents is 1. The minimum atomic E-state index is -1.90. The number of hydrogen-bond donors (Lipinski definition) is 3. The summed E-state index contributed by atoms with van der Waals surface area (Å²) >= 11 is 0. The summed E-state index contributed by atoms with van der Waals surface area (Å²) in [6.07, 6.45) is 5.29. The quantitative estimate of drug-likeness (QED) is 0.0312. The maximum Gasteiger partial charge on any atom is 0.275 e. The first-order valence-corrected chi connectivity index (χ1v) is 22.4. The summed E-state index contributed by atoms with van der Waals surface area (Å²) in [4.78, 5) is 27.1. The Morgan fingerprint density at radius 3 is 1.87 bits per heavy atom. The molecule has 8 rings (SSSR count). The van der Waals surface area contributed by atoms with Crippen LogP contribution < -0.4 is 31.9 Å². The number of nitrogen functional groups attached to an aromatic ring is 1. The maximum atomic E-state index is 13.5. The van der Waals surface area contributed by atoms with E-state index in [1.807, 2.05) is 30.3 Å². The van der Waals surface area contributed by atoms with Crippen molar-refractivity contribution in [1.82, 2.24) is 0 Å². The average Bonchev–Trinajstić information content (AvgIpc) is 3.29. The van der Waals surface area contributed by atoms with Gasteiger partial charge in [0.1, 0.15) is 23.2 Å². The Bertz CT molecular complexity index is 2490. The molecular formula is C51H48N4O4P+. The minimum absolute atomic E-state index is 0.134. The van der Waals surface area contributed by atoms with Gasteiger partial charge in [0, 0.05) is 40.8 Å². The van der Waals surface area contributed by atoms with Crippen LogP contribution in [-0.4, -0.2) is 28.6 Å². The SMILES string of the molecule is Nc1ccc2c(c1)N(CCCCCC[P+](c1ccccc1)(c1ccccc1)c1ccccc1)C(c1ccccc1)c1cc(NC(=O)c3ccc(CO)c([N+](=O)[O-])c3)ccc1-2. The van der Waals surface area contributed by atoms with E-state index in [-0.39, 0.29) is 22.9 Å². The summed E-state index contributed by atoms with van der Waals surface area (Å²) in [5, 5.41) is 28.5. The topological polar surface area (TPSA) is 122 Å². The third-order valence-electron chi connectivity index (χ3n) is 11.6. The smallest absolute Gasteiger partial charge is 0.275 e. The van der Waals surface area contributed by atoms with E-state index in [0.29, 0.717) is 11.4 Å². The number of benzene rings is 7. The zero-order valence-corrected chi connectivity index (χ0v) is 34.3. The van der Waals surface area contributed by atoms with Crippen molar-refractivity contribution in [2.75, 3.05) is 28.7 Å². The second kappa shape index (κ2) is 18.1. The van der Waals surface area contributed by atoms with Crippen molar-refractivity contribution < 1.29 is 14.8 Å². The lowest BCUT2D eigenvalue weighted by Crippen LogP contribution is -2.34. The molecule has 0 aromatic heterocycles. The lowest BCUT2D eigenvalue weighted by atomic mass is 9.84. The van der Waals surface area contributed by atoms with Crippen LogP contribution in [0.3, 0.4) is 0 Å². The number of amides is 1. The first-order chi connectivity index (χ1) is 29.4. The molecular weight excluding hydrogens is 764 g/mol. The molecule has 7 aromatic rings. The van der Waals surface area contributed by atoms with Gasteiger partial charge in [0.05, 0.1) is 29.3 Å². The van der Waals surface area contributed by atoms with Gasteiger partial charge in [-0.25, -0.2) is 0 Å². The van der Waals surface area contributed by atoms with Crippen LogP contribution in [0.1, 0.15) is 58.8 Å². The standard InChI is InChI=1S/C51H47N4O4P/c52-40-27-29-46-45-30-28-41(53-51(57)38-25-26-39(36-56)48(33-38)55(58)59)35-47(45)50(37-17-7-3-8-18-37)54(49(46)34-40)31-15-1-2-16-32-60(42-19-9-4-10-20-42,43-21-11-5-12-22-43)44-23-13-6-14-24-44/h3-14,17-30,33-35,50,56H,1-2,15-16,31-32,36,52H2/p+1. The third kappa shape index (κ3) is 8.17. The van der Waals surface area contributed by atoms with E-state index in [2.05, 4.69) is 138 Å². The first kappa shape index (κ1) is 40.2. The molecule has 0 radical (unpaired) electrons. The third-order valence-corrected chi connectivity index (χ3v) is 16.1. The van der Waals surface area contributed by atoms with E-state index >= 15 is 0 Å². The number of anilines is 3. The Kier molecular flexibility index (Phi) is 12.1. The number of nitrogens with one attached hydrogen (secondary N) is 1. The van der Waals surface area contributed by atoms with Crippen LogP contribution in [0.15, 0.2) is 176 Å². The molecule has 8 nitrogen and oxygen atoms in total. The van der Waals surface area contributed by atoms with Gasteiger partial charge >= 0.3 is 0 Å². The molecule has 1 heterocycles. The lowest BCUT2D eigenvalue weighted by molar-refractivity contribution is -0.385. The van der Waals surface area contributed by atoms with Gasteiger partial charge in [-0.1, -0.05) is 103 Å². The summed E-state index contributed by atoms with van der Waals surface area (Å²) in [6.45, 7) is 0.301. The predicted octanol–water partition coefficient (Wildman–Crippen LogP) is 10.1. The summed E-state index contributed by atoms with van der Waals surface area (Å²) in [5.74, 6) is -0.474. The Balaban J connectivity index is 1.06. The number of carbonyl (C=O) groups is 1. The lowest BCUT2D eigenvalue weighted by Gasteiger charge is -2.41. The zero-order chi connectivity index (χ0) is 41.5. The number of fused-ring (bicyclic) bond motifs is 3. The molecule has 1 aliphatic heterocycles. The number of aliphatic hydroxyl groups is 1. The zero-order valence-electron chi connectivity index (χ0n) is 33.4. The monoisotopic (exact) mass is 811 g/mol. The van der Waals surface area contributed by atoms with Crippen molar-refractivity contribution in [3.63, 3.8) is 0 Å². The summed E-state index contributed by atoms with van der Waals surface area (Å²) < 4.78 is 0. The molecule has 60 heavy (non-hydrogen) atoms. The second-order valence-electron chi connectivity index (χ2n) is 15.3. The van der Waals surface area contributed by atoms with Crippen LogP contribution >= 0.6 is 7.26 Å². The van der Waals surface area contributed by atoms with Gasteiger partial charge in [0.15, 0.2) is 0 Å². The number of aliphatic hydroxyl groups excluding tert-OH is 1. The number of nitrogens with two attached hydrogens (primary N) is 1. The largest absolute Gasteiger partial charge is 0.399 e. The van der Waals surface area contributed by atoms with Crippen molar-refractivity contribution in [2.24, 2.45) is 0 Å². The molecule has 1 atom stereocenters. The van der Waals surface area contributed by atoms with Crippen LogP contribution in [-0.2, 0) is 6.61 Å². The van der Waals surface area contributed by atoms with Crippen LogP contribution in [0.2, 0.25) is 0 Å². The summed E-state index contributed by atoms with van der Waals surface area (Å²) in [7, 11) is -1.90. The Morgan fingerprint density at radius 1 is 0.683 bits per heavy atom. The highest BCUT2D eigenvalue weighted by molar-refractivity contribution is 7.95. The molecule has 0 saturated carbocycles. The van der Waals surface area contributed by atoms with Gasteiger partial charge in [-0.05, 0) is 109 Å². The van der Waals surface area contributed by atoms with Gasteiger partial charge in [0.25, 0.3) is 11.6 Å². The van der Waals surface area contributed by atoms with Crippen molar-refractivity contribution >= 4 is 51.8 Å². The molecule has 7 aromatic carbocycles. The first-order valence-electron chi connectivity index (χ1n) is 20.5. The molecule has 1 aliphatic rings. The fraction of sp³-hybridized carbons (Fsp3) is 0.157. The van der Waals surface area contributed by atoms with Crippen molar-refractivity contribution in [1.29, 1.82) is 0 Å². The minimum Gasteiger partial charge on any atom is -0.399 e. The molecule has 0 fully saturated rings. The van der Waals surface area contributed by atoms with E-state index in [1.54, 1.807) is 0 Å². The molecule has 0 saturated heterocycles. The molecule has 9 heteroatoms. The number of rotatable bonds is 15. The predicted molar refractivity (Wildman–Crippen MR) is 247 cm³/mol. The number of hydrogen-bond acceptors (Lipinski definition) is 6. The van der Waals surface area contributed by atoms with Gasteiger partial charge in [-0.3, -0.25) is 14.9 Å². The van der Waals surface area contributed by atoms with E-state index in [9.17, 15) is 20.0 Å². The molecule has 300 valence electrons. The second-order valence-corrected chi connectivity index (χ2v) is 18.9. The van der Waals surface area contributed by atoms with Crippen LogP contribution in [0, 0.1) is 10.1 Å². The van der Waals surface area contributed by atoms with E-state index in [4.69, 9.17) is 5.73 Å². The molecule has 4 N–H and O–H groups in total. The number of nitrogens with zero attached hydrogens (tertiary/aromatic N) is 2. The van der Waals surface area contributed by atoms with Crippen LogP contribution in [0.25, 0.3) is 11.1 Å². The fourth-order valence-electron chi connectivity index (χ4n) is 8.76. The van der Waals surface area contributed by atoms with Crippen LogP contribution in [0.4, 0.5) is 22.7 Å². The number of nitro groups is 1. The average molecular weight is 812 g/mol. The summed E-state index contributed by atoms with van der Waals surface area (Å²) in [6, 6.07) is 59.6. The molecule has 0 aliphatic carbocycles. The number of unbranched alkanes of at least 4 members (excludes halogenated alkanes) is 3. The maximum absolute atomic E-state index is 13.5. The Morgan fingerprint density at radius 2 is 1.27 bits per heavy atom. The van der Waals surface area contributed by atoms with E-state index in [1.165, 1.54) is 34.1 Å². The molecule has 0 bridgehead atoms. The molecule has 0 spiro atoms. The highest BCUT2D eigenvalue weighted by Gasteiger charge is 2.44. The summed E-state index contributed by atoms with van der Waals surface area (Å²) in [5.41, 5.74) is 13.1. The van der Waals surface area contributed by atoms with Crippen molar-refractivity contribution in [2.45, 2.75) is 38.3 Å². The Labute approximate surface area is 351 Å². The normalized spacial score (nSPS) is 13.3. The molecule has 1 amide bonds. The van der Waals surface area contributed by atoms with Gasteiger partial charge in [0.2, 0.25) is 0 Å².